The highest BCUT2D eigenvalue weighted by Crippen LogP contribution is 2.32. The maximum absolute atomic E-state index is 5.69. The van der Waals surface area contributed by atoms with Gasteiger partial charge in [0.05, 0.1) is 9.83 Å². The van der Waals surface area contributed by atoms with Crippen LogP contribution in [0.2, 0.25) is 0 Å². The summed E-state index contributed by atoms with van der Waals surface area (Å²) in [5.41, 5.74) is 4.10. The van der Waals surface area contributed by atoms with Crippen LogP contribution in [0.1, 0.15) is 42.2 Å². The first-order valence-corrected chi connectivity index (χ1v) is 7.74. The molecule has 3 N–H and O–H groups in total. The molecule has 0 aromatic carbocycles. The van der Waals surface area contributed by atoms with Crippen molar-refractivity contribution in [3.63, 3.8) is 0 Å². The lowest BCUT2D eigenvalue weighted by molar-refractivity contribution is 0.471. The molecule has 0 radical (unpaired) electrons. The van der Waals surface area contributed by atoms with E-state index in [9.17, 15) is 0 Å². The number of thiophene rings is 1. The van der Waals surface area contributed by atoms with Gasteiger partial charge in [0.2, 0.25) is 0 Å². The van der Waals surface area contributed by atoms with Crippen LogP contribution < -0.4 is 11.3 Å². The molecule has 0 aliphatic heterocycles. The summed E-state index contributed by atoms with van der Waals surface area (Å²) in [6, 6.07) is 2.50. The van der Waals surface area contributed by atoms with Crippen LogP contribution in [-0.2, 0) is 6.42 Å². The highest BCUT2D eigenvalue weighted by molar-refractivity contribution is 9.11. The molecule has 1 unspecified atom stereocenters. The third-order valence-electron chi connectivity index (χ3n) is 2.94. The quantitative estimate of drug-likeness (QED) is 0.646. The normalized spacial score (nSPS) is 13.2. The molecule has 0 spiro atoms. The smallest absolute Gasteiger partial charge is 0.138 e. The van der Waals surface area contributed by atoms with Crippen LogP contribution >= 0.6 is 27.3 Å². The van der Waals surface area contributed by atoms with Crippen LogP contribution in [0.25, 0.3) is 0 Å². The van der Waals surface area contributed by atoms with E-state index < -0.39 is 0 Å². The van der Waals surface area contributed by atoms with Gasteiger partial charge in [0.25, 0.3) is 0 Å². The molecule has 2 aromatic heterocycles. The summed E-state index contributed by atoms with van der Waals surface area (Å²) in [5, 5.41) is 4.25. The number of hydrogen-bond acceptors (Lipinski definition) is 5. The summed E-state index contributed by atoms with van der Waals surface area (Å²) < 4.78 is 3.08. The summed E-state index contributed by atoms with van der Waals surface area (Å²) in [5.74, 6) is 6.64. The number of halogens is 1. The Morgan fingerprint density at radius 1 is 1.53 bits per heavy atom. The first-order chi connectivity index (χ1) is 9.02. The molecule has 5 nitrogen and oxygen atoms in total. The van der Waals surface area contributed by atoms with Crippen LogP contribution in [0, 0.1) is 6.92 Å². The van der Waals surface area contributed by atoms with Gasteiger partial charge in [0, 0.05) is 17.3 Å². The Bertz CT molecular complexity index is 529. The molecule has 0 bridgehead atoms. The monoisotopic (exact) mass is 343 g/mol. The summed E-state index contributed by atoms with van der Waals surface area (Å²) in [6.45, 7) is 6.26. The summed E-state index contributed by atoms with van der Waals surface area (Å²) >= 11 is 5.25. The number of nitrogens with two attached hydrogens (primary N) is 1. The Kier molecular flexibility index (Phi) is 4.72. The molecule has 0 amide bonds. The molecule has 2 aromatic rings. The van der Waals surface area contributed by atoms with Crippen molar-refractivity contribution in [2.45, 2.75) is 39.3 Å². The van der Waals surface area contributed by atoms with Crippen molar-refractivity contribution < 1.29 is 0 Å². The van der Waals surface area contributed by atoms with Crippen molar-refractivity contribution in [3.05, 3.63) is 32.4 Å². The fourth-order valence-electron chi connectivity index (χ4n) is 1.93. The first kappa shape index (κ1) is 14.6. The lowest BCUT2D eigenvalue weighted by Crippen LogP contribution is -2.30. The SMILES string of the molecule is Cc1cc(C(Cc2ncnn2C(C)C)NN)sc1Br. The van der Waals surface area contributed by atoms with E-state index in [0.29, 0.717) is 6.04 Å². The predicted molar refractivity (Wildman–Crippen MR) is 80.9 cm³/mol. The molecule has 0 aliphatic rings. The molecule has 104 valence electrons. The minimum atomic E-state index is 0.0525. The highest BCUT2D eigenvalue weighted by atomic mass is 79.9. The second kappa shape index (κ2) is 6.13. The lowest BCUT2D eigenvalue weighted by atomic mass is 10.1. The third-order valence-corrected chi connectivity index (χ3v) is 5.19. The Morgan fingerprint density at radius 2 is 2.26 bits per heavy atom. The van der Waals surface area contributed by atoms with Crippen LogP contribution in [0.5, 0.6) is 0 Å². The van der Waals surface area contributed by atoms with Gasteiger partial charge in [-0.2, -0.15) is 5.10 Å². The fourth-order valence-corrected chi connectivity index (χ4v) is 3.56. The molecular weight excluding hydrogens is 326 g/mol. The zero-order valence-corrected chi connectivity index (χ0v) is 13.6. The van der Waals surface area contributed by atoms with E-state index in [2.05, 4.69) is 58.3 Å². The van der Waals surface area contributed by atoms with Gasteiger partial charge in [-0.05, 0) is 48.3 Å². The van der Waals surface area contributed by atoms with E-state index in [1.165, 1.54) is 10.4 Å². The van der Waals surface area contributed by atoms with E-state index in [0.717, 1.165) is 16.0 Å². The minimum absolute atomic E-state index is 0.0525. The van der Waals surface area contributed by atoms with Crippen molar-refractivity contribution in [1.82, 2.24) is 20.2 Å². The third kappa shape index (κ3) is 3.22. The minimum Gasteiger partial charge on any atom is -0.271 e. The summed E-state index contributed by atoms with van der Waals surface area (Å²) in [6.07, 6.45) is 2.32. The number of aromatic nitrogens is 3. The molecule has 2 rings (SSSR count). The van der Waals surface area contributed by atoms with E-state index >= 15 is 0 Å². The van der Waals surface area contributed by atoms with E-state index in [-0.39, 0.29) is 6.04 Å². The van der Waals surface area contributed by atoms with Crippen LogP contribution in [-0.4, -0.2) is 14.8 Å². The van der Waals surface area contributed by atoms with Gasteiger partial charge in [-0.3, -0.25) is 11.3 Å². The largest absolute Gasteiger partial charge is 0.271 e. The molecule has 7 heteroatoms. The van der Waals surface area contributed by atoms with Crippen molar-refractivity contribution in [2.24, 2.45) is 5.84 Å². The zero-order chi connectivity index (χ0) is 14.0. The van der Waals surface area contributed by atoms with E-state index in [1.54, 1.807) is 17.7 Å². The number of rotatable bonds is 5. The molecule has 0 aliphatic carbocycles. The van der Waals surface area contributed by atoms with Gasteiger partial charge in [-0.15, -0.1) is 11.3 Å². The zero-order valence-electron chi connectivity index (χ0n) is 11.2. The van der Waals surface area contributed by atoms with Gasteiger partial charge in [-0.1, -0.05) is 0 Å². The fraction of sp³-hybridized carbons (Fsp3) is 0.500. The average Bonchev–Trinajstić information content (AvgIpc) is 2.94. The number of hydrogen-bond donors (Lipinski definition) is 2. The van der Waals surface area contributed by atoms with Crippen LogP contribution in [0.15, 0.2) is 16.2 Å². The van der Waals surface area contributed by atoms with Crippen molar-refractivity contribution in [2.75, 3.05) is 0 Å². The number of nitrogens with zero attached hydrogens (tertiary/aromatic N) is 3. The van der Waals surface area contributed by atoms with Crippen molar-refractivity contribution in [1.29, 1.82) is 0 Å². The van der Waals surface area contributed by atoms with Gasteiger partial charge in [0.15, 0.2) is 0 Å². The highest BCUT2D eigenvalue weighted by Gasteiger charge is 2.18. The summed E-state index contributed by atoms with van der Waals surface area (Å²) in [7, 11) is 0. The summed E-state index contributed by atoms with van der Waals surface area (Å²) in [4.78, 5) is 5.53. The molecular formula is C12H18BrN5S. The Labute approximate surface area is 125 Å². The predicted octanol–water partition coefficient (Wildman–Crippen LogP) is 2.74. The van der Waals surface area contributed by atoms with Gasteiger partial charge in [0.1, 0.15) is 12.2 Å². The molecule has 19 heavy (non-hydrogen) atoms. The number of aryl methyl sites for hydroxylation is 1. The van der Waals surface area contributed by atoms with Crippen molar-refractivity contribution >= 4 is 27.3 Å². The van der Waals surface area contributed by atoms with Crippen LogP contribution in [0.4, 0.5) is 0 Å². The van der Waals surface area contributed by atoms with E-state index in [1.807, 2.05) is 4.68 Å². The standard InChI is InChI=1S/C12H18BrN5S/c1-7(2)18-11(15-6-16-18)5-9(17-14)10-4-8(3)12(13)19-10/h4,6-7,9,17H,5,14H2,1-3H3. The van der Waals surface area contributed by atoms with E-state index in [4.69, 9.17) is 5.84 Å². The lowest BCUT2D eigenvalue weighted by Gasteiger charge is -2.15. The van der Waals surface area contributed by atoms with Gasteiger partial charge >= 0.3 is 0 Å². The Morgan fingerprint density at radius 3 is 2.79 bits per heavy atom. The van der Waals surface area contributed by atoms with Gasteiger partial charge < -0.3 is 0 Å². The van der Waals surface area contributed by atoms with Gasteiger partial charge in [-0.25, -0.2) is 9.67 Å². The number of nitrogens with one attached hydrogen (secondary N) is 1. The first-order valence-electron chi connectivity index (χ1n) is 6.13. The maximum Gasteiger partial charge on any atom is 0.138 e. The molecule has 0 saturated heterocycles. The topological polar surface area (TPSA) is 68.8 Å². The second-order valence-corrected chi connectivity index (χ2v) is 7.15. The molecule has 1 atom stereocenters. The number of hydrazine groups is 1. The molecule has 0 fully saturated rings. The Hall–Kier alpha value is -0.760. The van der Waals surface area contributed by atoms with Crippen molar-refractivity contribution in [3.8, 4) is 0 Å². The molecule has 0 saturated carbocycles. The maximum atomic E-state index is 5.69. The van der Waals surface area contributed by atoms with Crippen LogP contribution in [0.3, 0.4) is 0 Å². The molecule has 2 heterocycles. The second-order valence-electron chi connectivity index (χ2n) is 4.74. The average molecular weight is 344 g/mol. The Balaban J connectivity index is 2.21.